The third-order valence-electron chi connectivity index (χ3n) is 9.83. The number of carbonyl (C=O) groups excluding carboxylic acids is 3. The highest BCUT2D eigenvalue weighted by Gasteiger charge is 2.32. The number of amides is 3. The van der Waals surface area contributed by atoms with E-state index in [0.717, 1.165) is 77.0 Å². The van der Waals surface area contributed by atoms with Crippen molar-refractivity contribution in [3.8, 4) is 0 Å². The summed E-state index contributed by atoms with van der Waals surface area (Å²) in [5.74, 6) is 2.12. The second-order valence-electron chi connectivity index (χ2n) is 14.1. The summed E-state index contributed by atoms with van der Waals surface area (Å²) < 4.78 is 0. The van der Waals surface area contributed by atoms with Gasteiger partial charge in [0, 0.05) is 34.8 Å². The number of carbonyl (C=O) groups is 3. The van der Waals surface area contributed by atoms with Gasteiger partial charge in [-0.15, -0.1) is 0 Å². The zero-order valence-electron chi connectivity index (χ0n) is 24.9. The van der Waals surface area contributed by atoms with E-state index in [1.165, 1.54) is 0 Å². The molecule has 3 aliphatic rings. The van der Waals surface area contributed by atoms with E-state index in [4.69, 9.17) is 0 Å². The fraction of sp³-hybridized carbons (Fsp3) is 0.727. The minimum absolute atomic E-state index is 0.00616. The number of hydrogen-bond acceptors (Lipinski definition) is 3. The predicted octanol–water partition coefficient (Wildman–Crippen LogP) is 8.01. The van der Waals surface area contributed by atoms with Gasteiger partial charge >= 0.3 is 0 Å². The van der Waals surface area contributed by atoms with Crippen LogP contribution < -0.4 is 16.0 Å². The first-order chi connectivity index (χ1) is 18.5. The zero-order valence-corrected chi connectivity index (χ0v) is 24.9. The lowest BCUT2D eigenvalue weighted by atomic mass is 9.69. The molecule has 0 aromatic heterocycles. The van der Waals surface area contributed by atoms with Crippen molar-refractivity contribution in [2.24, 2.45) is 40.9 Å². The fourth-order valence-electron chi connectivity index (χ4n) is 6.84. The minimum atomic E-state index is -0.00616. The van der Waals surface area contributed by atoms with Crippen LogP contribution in [0.15, 0.2) is 18.2 Å². The van der Waals surface area contributed by atoms with Crippen LogP contribution in [0.5, 0.6) is 0 Å². The lowest BCUT2D eigenvalue weighted by Crippen LogP contribution is -2.31. The third-order valence-corrected chi connectivity index (χ3v) is 9.83. The minimum Gasteiger partial charge on any atom is -0.326 e. The second kappa shape index (κ2) is 12.9. The van der Waals surface area contributed by atoms with Crippen LogP contribution in [-0.4, -0.2) is 17.7 Å². The molecule has 3 aliphatic carbocycles. The number of hydrogen-bond donors (Lipinski definition) is 3. The molecule has 3 saturated carbocycles. The number of benzene rings is 1. The van der Waals surface area contributed by atoms with Gasteiger partial charge < -0.3 is 16.0 Å². The van der Waals surface area contributed by atoms with Gasteiger partial charge in [-0.05, 0) is 118 Å². The quantitative estimate of drug-likeness (QED) is 0.343. The smallest absolute Gasteiger partial charge is 0.227 e. The molecule has 1 aromatic rings. The first kappa shape index (κ1) is 29.6. The Morgan fingerprint density at radius 3 is 1.10 bits per heavy atom. The SMILES string of the molecule is CC1CCC(C(=O)Nc2cc(NC(=O)C3CCC(C)CC3)cc(NC(=O)C3CCC(C(C)(C)C)CC3)c2)CC1. The van der Waals surface area contributed by atoms with Crippen LogP contribution >= 0.6 is 0 Å². The second-order valence-corrected chi connectivity index (χ2v) is 14.1. The lowest BCUT2D eigenvalue weighted by Gasteiger charge is -2.36. The summed E-state index contributed by atoms with van der Waals surface area (Å²) in [7, 11) is 0. The Labute approximate surface area is 235 Å². The number of rotatable bonds is 6. The molecule has 6 heteroatoms. The van der Waals surface area contributed by atoms with E-state index >= 15 is 0 Å². The highest BCUT2D eigenvalue weighted by Crippen LogP contribution is 2.40. The van der Waals surface area contributed by atoms with Gasteiger partial charge in [-0.1, -0.05) is 34.6 Å². The molecule has 1 aromatic carbocycles. The van der Waals surface area contributed by atoms with Gasteiger partial charge in [0.15, 0.2) is 0 Å². The van der Waals surface area contributed by atoms with Crippen molar-refractivity contribution in [3.05, 3.63) is 18.2 Å². The van der Waals surface area contributed by atoms with Crippen LogP contribution in [0.1, 0.15) is 112 Å². The number of anilines is 3. The van der Waals surface area contributed by atoms with E-state index in [1.807, 2.05) is 18.2 Å². The van der Waals surface area contributed by atoms with Crippen LogP contribution in [0.4, 0.5) is 17.1 Å². The Balaban J connectivity index is 1.45. The molecule has 0 bridgehead atoms. The van der Waals surface area contributed by atoms with E-state index in [1.54, 1.807) is 0 Å². The maximum atomic E-state index is 13.3. The van der Waals surface area contributed by atoms with Crippen LogP contribution in [0.2, 0.25) is 0 Å². The van der Waals surface area contributed by atoms with Crippen molar-refractivity contribution >= 4 is 34.8 Å². The third kappa shape index (κ3) is 8.31. The zero-order chi connectivity index (χ0) is 28.2. The summed E-state index contributed by atoms with van der Waals surface area (Å²) in [6, 6.07) is 5.50. The molecule has 0 radical (unpaired) electrons. The van der Waals surface area contributed by atoms with Crippen LogP contribution in [-0.2, 0) is 14.4 Å². The van der Waals surface area contributed by atoms with Gasteiger partial charge in [0.25, 0.3) is 0 Å². The molecule has 0 saturated heterocycles. The molecule has 216 valence electrons. The first-order valence-corrected chi connectivity index (χ1v) is 15.6. The van der Waals surface area contributed by atoms with E-state index in [0.29, 0.717) is 34.8 Å². The topological polar surface area (TPSA) is 87.3 Å². The van der Waals surface area contributed by atoms with Crippen LogP contribution in [0, 0.1) is 40.9 Å². The summed E-state index contributed by atoms with van der Waals surface area (Å²) in [6.07, 6.45) is 11.9. The normalized spacial score (nSPS) is 29.8. The highest BCUT2D eigenvalue weighted by atomic mass is 16.2. The molecule has 0 spiro atoms. The van der Waals surface area contributed by atoms with Crippen molar-refractivity contribution in [2.45, 2.75) is 112 Å². The van der Waals surface area contributed by atoms with Gasteiger partial charge in [0.2, 0.25) is 17.7 Å². The molecule has 0 atom stereocenters. The van der Waals surface area contributed by atoms with Crippen molar-refractivity contribution in [2.75, 3.05) is 16.0 Å². The maximum absolute atomic E-state index is 13.3. The summed E-state index contributed by atoms with van der Waals surface area (Å²) in [5, 5.41) is 9.32. The molecular weight excluding hydrogens is 486 g/mol. The largest absolute Gasteiger partial charge is 0.326 e. The Hall–Kier alpha value is -2.37. The first-order valence-electron chi connectivity index (χ1n) is 15.6. The molecule has 39 heavy (non-hydrogen) atoms. The molecule has 0 unspecified atom stereocenters. The molecule has 3 fully saturated rings. The van der Waals surface area contributed by atoms with Crippen molar-refractivity contribution in [1.29, 1.82) is 0 Å². The Kier molecular flexibility index (Phi) is 9.77. The Morgan fingerprint density at radius 1 is 0.538 bits per heavy atom. The standard InChI is InChI=1S/C33H51N3O3/c1-21-6-10-23(11-7-21)30(37)34-27-18-28(35-31(38)24-12-8-22(2)9-13-24)20-29(19-27)36-32(39)25-14-16-26(17-15-25)33(3,4)5/h18-26H,6-17H2,1-5H3,(H,34,37)(H,35,38)(H,36,39). The molecule has 6 nitrogen and oxygen atoms in total. The predicted molar refractivity (Wildman–Crippen MR) is 159 cm³/mol. The Bertz CT molecular complexity index is 951. The fourth-order valence-corrected chi connectivity index (χ4v) is 6.84. The molecule has 4 rings (SSSR count). The summed E-state index contributed by atoms with van der Waals surface area (Å²) in [6.45, 7) is 11.4. The number of nitrogens with one attached hydrogen (secondary N) is 3. The molecule has 0 heterocycles. The maximum Gasteiger partial charge on any atom is 0.227 e. The van der Waals surface area contributed by atoms with E-state index in [9.17, 15) is 14.4 Å². The summed E-state index contributed by atoms with van der Waals surface area (Å²) in [5.41, 5.74) is 2.15. The van der Waals surface area contributed by atoms with Crippen LogP contribution in [0.3, 0.4) is 0 Å². The molecule has 3 amide bonds. The van der Waals surface area contributed by atoms with Crippen molar-refractivity contribution < 1.29 is 14.4 Å². The van der Waals surface area contributed by atoms with Gasteiger partial charge in [0.1, 0.15) is 0 Å². The van der Waals surface area contributed by atoms with Gasteiger partial charge in [-0.3, -0.25) is 14.4 Å². The van der Waals surface area contributed by atoms with Gasteiger partial charge in [0.05, 0.1) is 0 Å². The summed E-state index contributed by atoms with van der Waals surface area (Å²) in [4.78, 5) is 39.4. The van der Waals surface area contributed by atoms with E-state index in [-0.39, 0.29) is 40.9 Å². The molecule has 0 aliphatic heterocycles. The van der Waals surface area contributed by atoms with E-state index < -0.39 is 0 Å². The van der Waals surface area contributed by atoms with Crippen molar-refractivity contribution in [1.82, 2.24) is 0 Å². The van der Waals surface area contributed by atoms with E-state index in [2.05, 4.69) is 50.6 Å². The molecule has 3 N–H and O–H groups in total. The average molecular weight is 538 g/mol. The molecular formula is C33H51N3O3. The highest BCUT2D eigenvalue weighted by molar-refractivity contribution is 5.99. The van der Waals surface area contributed by atoms with Crippen molar-refractivity contribution in [3.63, 3.8) is 0 Å². The monoisotopic (exact) mass is 537 g/mol. The summed E-state index contributed by atoms with van der Waals surface area (Å²) >= 11 is 0. The van der Waals surface area contributed by atoms with Gasteiger partial charge in [-0.2, -0.15) is 0 Å². The van der Waals surface area contributed by atoms with Gasteiger partial charge in [-0.25, -0.2) is 0 Å². The Morgan fingerprint density at radius 2 is 0.821 bits per heavy atom. The van der Waals surface area contributed by atoms with Crippen LogP contribution in [0.25, 0.3) is 0 Å². The average Bonchev–Trinajstić information content (AvgIpc) is 2.89. The lowest BCUT2D eigenvalue weighted by molar-refractivity contribution is -0.122.